The van der Waals surface area contributed by atoms with Gasteiger partial charge in [0.05, 0.1) is 17.6 Å². The van der Waals surface area contributed by atoms with E-state index in [0.29, 0.717) is 6.54 Å². The lowest BCUT2D eigenvalue weighted by molar-refractivity contribution is -0.120. The number of amides is 1. The van der Waals surface area contributed by atoms with E-state index in [9.17, 15) is 4.79 Å². The number of rotatable bonds is 4. The fourth-order valence-corrected chi connectivity index (χ4v) is 2.28. The Morgan fingerprint density at radius 2 is 2.20 bits per heavy atom. The first kappa shape index (κ1) is 14.5. The third-order valence-electron chi connectivity index (χ3n) is 3.22. The van der Waals surface area contributed by atoms with Crippen LogP contribution in [-0.4, -0.2) is 22.6 Å². The highest BCUT2D eigenvalue weighted by atomic mass is 16.1. The van der Waals surface area contributed by atoms with Crippen molar-refractivity contribution in [3.63, 3.8) is 0 Å². The van der Waals surface area contributed by atoms with Crippen LogP contribution in [0.1, 0.15) is 27.2 Å². The molecule has 1 heterocycles. The second kappa shape index (κ2) is 5.63. The third kappa shape index (κ3) is 3.57. The van der Waals surface area contributed by atoms with Crippen molar-refractivity contribution >= 4 is 22.5 Å². The van der Waals surface area contributed by atoms with Gasteiger partial charge in [-0.2, -0.15) is 5.10 Å². The minimum Gasteiger partial charge on any atom is -0.330 e. The first-order valence-corrected chi connectivity index (χ1v) is 6.83. The lowest BCUT2D eigenvalue weighted by Crippen LogP contribution is -2.32. The highest BCUT2D eigenvalue weighted by molar-refractivity contribution is 5.94. The average molecular weight is 274 g/mol. The molecule has 1 aromatic heterocycles. The van der Waals surface area contributed by atoms with Crippen molar-refractivity contribution in [1.82, 2.24) is 10.2 Å². The molecular formula is C15H22N4O. The Morgan fingerprint density at radius 3 is 2.85 bits per heavy atom. The molecule has 0 aliphatic carbocycles. The molecule has 1 unspecified atom stereocenters. The molecule has 0 aliphatic rings. The van der Waals surface area contributed by atoms with Crippen molar-refractivity contribution in [3.05, 3.63) is 24.4 Å². The summed E-state index contributed by atoms with van der Waals surface area (Å²) in [7, 11) is 0. The van der Waals surface area contributed by atoms with Crippen molar-refractivity contribution in [3.8, 4) is 0 Å². The second-order valence-electron chi connectivity index (χ2n) is 6.36. The summed E-state index contributed by atoms with van der Waals surface area (Å²) in [5.41, 5.74) is 7.48. The standard InChI is InChI=1S/C15H22N4O/c1-15(2,3)7-11(8-16)14(20)18-12-5-4-10-9-17-19-13(10)6-12/h4-6,9,11H,7-8,16H2,1-3H3,(H,17,19)(H,18,20). The largest absolute Gasteiger partial charge is 0.330 e. The maximum Gasteiger partial charge on any atom is 0.228 e. The highest BCUT2D eigenvalue weighted by Gasteiger charge is 2.23. The Balaban J connectivity index is 2.09. The monoisotopic (exact) mass is 274 g/mol. The molecule has 1 amide bonds. The van der Waals surface area contributed by atoms with Gasteiger partial charge < -0.3 is 11.1 Å². The number of carbonyl (C=O) groups excluding carboxylic acids is 1. The lowest BCUT2D eigenvalue weighted by atomic mass is 9.84. The van der Waals surface area contributed by atoms with Crippen LogP contribution in [-0.2, 0) is 4.79 Å². The van der Waals surface area contributed by atoms with E-state index in [1.54, 1.807) is 6.20 Å². The zero-order valence-electron chi connectivity index (χ0n) is 12.2. The maximum absolute atomic E-state index is 12.3. The molecule has 0 radical (unpaired) electrons. The topological polar surface area (TPSA) is 83.8 Å². The summed E-state index contributed by atoms with van der Waals surface area (Å²) < 4.78 is 0. The van der Waals surface area contributed by atoms with Crippen LogP contribution >= 0.6 is 0 Å². The van der Waals surface area contributed by atoms with E-state index in [1.807, 2.05) is 18.2 Å². The van der Waals surface area contributed by atoms with E-state index >= 15 is 0 Å². The number of nitrogens with zero attached hydrogens (tertiary/aromatic N) is 1. The van der Waals surface area contributed by atoms with Crippen LogP contribution in [0.25, 0.3) is 10.9 Å². The number of carbonyl (C=O) groups is 1. The number of nitrogens with two attached hydrogens (primary N) is 1. The van der Waals surface area contributed by atoms with E-state index in [4.69, 9.17) is 5.73 Å². The number of aromatic amines is 1. The molecule has 108 valence electrons. The summed E-state index contributed by atoms with van der Waals surface area (Å²) >= 11 is 0. The predicted octanol–water partition coefficient (Wildman–Crippen LogP) is 2.51. The number of anilines is 1. The fourth-order valence-electron chi connectivity index (χ4n) is 2.28. The summed E-state index contributed by atoms with van der Waals surface area (Å²) in [5, 5.41) is 10.8. The number of hydrogen-bond acceptors (Lipinski definition) is 3. The molecule has 0 aliphatic heterocycles. The molecule has 4 N–H and O–H groups in total. The van der Waals surface area contributed by atoms with E-state index in [0.717, 1.165) is 23.0 Å². The Morgan fingerprint density at radius 1 is 1.45 bits per heavy atom. The van der Waals surface area contributed by atoms with Gasteiger partial charge in [-0.3, -0.25) is 9.89 Å². The SMILES string of the molecule is CC(C)(C)CC(CN)C(=O)Nc1ccc2cn[nH]c2c1. The average Bonchev–Trinajstić information content (AvgIpc) is 2.82. The van der Waals surface area contributed by atoms with Gasteiger partial charge in [0.2, 0.25) is 5.91 Å². The Labute approximate surface area is 118 Å². The number of benzene rings is 1. The molecule has 0 bridgehead atoms. The summed E-state index contributed by atoms with van der Waals surface area (Å²) in [5.74, 6) is -0.200. The number of H-pyrrole nitrogens is 1. The second-order valence-corrected chi connectivity index (χ2v) is 6.36. The van der Waals surface area contributed by atoms with Gasteiger partial charge in [-0.1, -0.05) is 20.8 Å². The van der Waals surface area contributed by atoms with Gasteiger partial charge in [-0.15, -0.1) is 0 Å². The Hall–Kier alpha value is -1.88. The quantitative estimate of drug-likeness (QED) is 0.801. The summed E-state index contributed by atoms with van der Waals surface area (Å²) in [6.45, 7) is 6.69. The molecule has 1 atom stereocenters. The van der Waals surface area contributed by atoms with Crippen LogP contribution in [0.4, 0.5) is 5.69 Å². The number of fused-ring (bicyclic) bond motifs is 1. The van der Waals surface area contributed by atoms with Crippen LogP contribution in [0.15, 0.2) is 24.4 Å². The summed E-state index contributed by atoms with van der Waals surface area (Å²) in [6, 6.07) is 5.68. The molecule has 0 spiro atoms. The van der Waals surface area contributed by atoms with Crippen LogP contribution < -0.4 is 11.1 Å². The van der Waals surface area contributed by atoms with Crippen molar-refractivity contribution in [2.75, 3.05) is 11.9 Å². The van der Waals surface area contributed by atoms with Crippen molar-refractivity contribution in [2.45, 2.75) is 27.2 Å². The van der Waals surface area contributed by atoms with Crippen LogP contribution in [0.5, 0.6) is 0 Å². The van der Waals surface area contributed by atoms with E-state index in [-0.39, 0.29) is 17.2 Å². The molecule has 1 aromatic carbocycles. The van der Waals surface area contributed by atoms with E-state index < -0.39 is 0 Å². The molecule has 2 aromatic rings. The zero-order chi connectivity index (χ0) is 14.8. The molecule has 5 heteroatoms. The van der Waals surface area contributed by atoms with Gasteiger partial charge in [-0.05, 0) is 30.0 Å². The highest BCUT2D eigenvalue weighted by Crippen LogP contribution is 2.25. The smallest absolute Gasteiger partial charge is 0.228 e. The van der Waals surface area contributed by atoms with Crippen LogP contribution in [0.2, 0.25) is 0 Å². The van der Waals surface area contributed by atoms with E-state index in [2.05, 4.69) is 36.3 Å². The number of hydrogen-bond donors (Lipinski definition) is 3. The van der Waals surface area contributed by atoms with Gasteiger partial charge in [0, 0.05) is 17.6 Å². The zero-order valence-corrected chi connectivity index (χ0v) is 12.2. The third-order valence-corrected chi connectivity index (χ3v) is 3.22. The van der Waals surface area contributed by atoms with Gasteiger partial charge in [0.1, 0.15) is 0 Å². The Bertz CT molecular complexity index is 597. The van der Waals surface area contributed by atoms with Gasteiger partial charge in [-0.25, -0.2) is 0 Å². The minimum absolute atomic E-state index is 0.0266. The number of nitrogens with one attached hydrogen (secondary N) is 2. The molecule has 0 saturated carbocycles. The Kier molecular flexibility index (Phi) is 4.09. The molecule has 2 rings (SSSR count). The van der Waals surface area contributed by atoms with Gasteiger partial charge in [0.15, 0.2) is 0 Å². The minimum atomic E-state index is -0.174. The predicted molar refractivity (Wildman–Crippen MR) is 81.3 cm³/mol. The summed E-state index contributed by atoms with van der Waals surface area (Å²) in [4.78, 5) is 12.3. The maximum atomic E-state index is 12.3. The van der Waals surface area contributed by atoms with Gasteiger partial charge >= 0.3 is 0 Å². The molecule has 20 heavy (non-hydrogen) atoms. The van der Waals surface area contributed by atoms with Crippen molar-refractivity contribution < 1.29 is 4.79 Å². The van der Waals surface area contributed by atoms with Crippen molar-refractivity contribution in [1.29, 1.82) is 0 Å². The first-order chi connectivity index (χ1) is 9.39. The van der Waals surface area contributed by atoms with E-state index in [1.165, 1.54) is 0 Å². The molecule has 0 saturated heterocycles. The van der Waals surface area contributed by atoms with Gasteiger partial charge in [0.25, 0.3) is 0 Å². The lowest BCUT2D eigenvalue weighted by Gasteiger charge is -2.24. The molecule has 5 nitrogen and oxygen atoms in total. The van der Waals surface area contributed by atoms with Crippen LogP contribution in [0, 0.1) is 11.3 Å². The first-order valence-electron chi connectivity index (χ1n) is 6.83. The normalized spacial score (nSPS) is 13.4. The fraction of sp³-hybridized carbons (Fsp3) is 0.467. The van der Waals surface area contributed by atoms with Crippen LogP contribution in [0.3, 0.4) is 0 Å². The molecular weight excluding hydrogens is 252 g/mol. The summed E-state index contributed by atoms with van der Waals surface area (Å²) in [6.07, 6.45) is 2.52. The number of aromatic nitrogens is 2. The molecule has 0 fully saturated rings. The van der Waals surface area contributed by atoms with Crippen molar-refractivity contribution in [2.24, 2.45) is 17.1 Å².